The molecular formula is C15H20O2. The molecule has 17 heavy (non-hydrogen) atoms. The normalized spacial score (nSPS) is 12.0. The van der Waals surface area contributed by atoms with E-state index in [-0.39, 0.29) is 12.0 Å². The average molecular weight is 232 g/mol. The third-order valence-electron chi connectivity index (χ3n) is 2.39. The smallest absolute Gasteiger partial charge is 0.146 e. The Morgan fingerprint density at radius 3 is 2.12 bits per heavy atom. The van der Waals surface area contributed by atoms with Crippen LogP contribution in [-0.2, 0) is 4.79 Å². The maximum Gasteiger partial charge on any atom is 0.146 e. The van der Waals surface area contributed by atoms with Crippen LogP contribution in [0.1, 0.15) is 33.3 Å². The predicted octanol–water partition coefficient (Wildman–Crippen LogP) is 3.71. The fourth-order valence-electron chi connectivity index (χ4n) is 1.44. The number of ether oxygens (including phenoxy) is 1. The second-order valence-electron chi connectivity index (χ2n) is 4.65. The van der Waals surface area contributed by atoms with Crippen molar-refractivity contribution in [3.8, 4) is 5.75 Å². The molecule has 0 bridgehead atoms. The van der Waals surface area contributed by atoms with Crippen molar-refractivity contribution in [2.75, 3.05) is 0 Å². The first-order valence-corrected chi connectivity index (χ1v) is 5.96. The molecule has 0 fully saturated rings. The summed E-state index contributed by atoms with van der Waals surface area (Å²) in [5.41, 5.74) is 1.83. The molecule has 1 aromatic carbocycles. The predicted molar refractivity (Wildman–Crippen MR) is 71.1 cm³/mol. The summed E-state index contributed by atoms with van der Waals surface area (Å²) >= 11 is 0. The van der Waals surface area contributed by atoms with Crippen LogP contribution in [0.3, 0.4) is 0 Å². The Balaban J connectivity index is 2.84. The number of aldehydes is 1. The summed E-state index contributed by atoms with van der Waals surface area (Å²) in [6.07, 6.45) is 3.01. The third kappa shape index (κ3) is 4.43. The summed E-state index contributed by atoms with van der Waals surface area (Å²) in [5, 5.41) is 0. The summed E-state index contributed by atoms with van der Waals surface area (Å²) in [5.74, 6) is 1.11. The molecule has 2 nitrogen and oxygen atoms in total. The molecule has 0 atom stereocenters. The maximum absolute atomic E-state index is 10.9. The molecule has 0 unspecified atom stereocenters. The van der Waals surface area contributed by atoms with Gasteiger partial charge in [0.25, 0.3) is 0 Å². The van der Waals surface area contributed by atoms with Crippen LogP contribution in [0.15, 0.2) is 29.8 Å². The maximum atomic E-state index is 10.9. The van der Waals surface area contributed by atoms with Gasteiger partial charge in [0.05, 0.1) is 6.10 Å². The zero-order valence-electron chi connectivity index (χ0n) is 10.9. The molecule has 0 saturated carbocycles. The van der Waals surface area contributed by atoms with Gasteiger partial charge in [0.15, 0.2) is 0 Å². The van der Waals surface area contributed by atoms with Gasteiger partial charge in [-0.25, -0.2) is 0 Å². The van der Waals surface area contributed by atoms with Crippen LogP contribution < -0.4 is 4.74 Å². The molecule has 0 N–H and O–H groups in total. The minimum Gasteiger partial charge on any atom is -0.491 e. The van der Waals surface area contributed by atoms with Crippen LogP contribution in [0.25, 0.3) is 6.08 Å². The zero-order valence-corrected chi connectivity index (χ0v) is 10.9. The molecule has 2 heteroatoms. The van der Waals surface area contributed by atoms with E-state index in [1.54, 1.807) is 0 Å². The lowest BCUT2D eigenvalue weighted by atomic mass is 10.0. The highest BCUT2D eigenvalue weighted by Crippen LogP contribution is 2.17. The summed E-state index contributed by atoms with van der Waals surface area (Å²) in [7, 11) is 0. The van der Waals surface area contributed by atoms with Crippen LogP contribution in [-0.4, -0.2) is 12.4 Å². The Kier molecular flexibility index (Phi) is 4.95. The van der Waals surface area contributed by atoms with E-state index in [4.69, 9.17) is 4.74 Å². The number of carbonyl (C=O) groups excluding carboxylic acids is 1. The van der Waals surface area contributed by atoms with Gasteiger partial charge in [-0.2, -0.15) is 0 Å². The van der Waals surface area contributed by atoms with Gasteiger partial charge in [-0.1, -0.05) is 26.0 Å². The Labute approximate surface area is 103 Å². The molecule has 92 valence electrons. The molecule has 1 aromatic rings. The summed E-state index contributed by atoms with van der Waals surface area (Å²) in [6, 6.07) is 7.77. The van der Waals surface area contributed by atoms with Crippen LogP contribution in [0.2, 0.25) is 0 Å². The second kappa shape index (κ2) is 6.24. The summed E-state index contributed by atoms with van der Waals surface area (Å²) in [6.45, 7) is 8.01. The molecule has 0 radical (unpaired) electrons. The van der Waals surface area contributed by atoms with E-state index in [1.807, 2.05) is 58.0 Å². The SMILES string of the molecule is CC(C)Oc1ccc(C=C(C=O)C(C)C)cc1. The number of hydrogen-bond donors (Lipinski definition) is 0. The van der Waals surface area contributed by atoms with E-state index in [2.05, 4.69) is 0 Å². The zero-order chi connectivity index (χ0) is 12.8. The molecule has 0 heterocycles. The lowest BCUT2D eigenvalue weighted by Crippen LogP contribution is -2.05. The van der Waals surface area contributed by atoms with Gasteiger partial charge in [0.2, 0.25) is 0 Å². The van der Waals surface area contributed by atoms with Crippen molar-refractivity contribution < 1.29 is 9.53 Å². The molecular weight excluding hydrogens is 212 g/mol. The van der Waals surface area contributed by atoms with E-state index in [0.717, 1.165) is 23.2 Å². The van der Waals surface area contributed by atoms with Crippen LogP contribution in [0, 0.1) is 5.92 Å². The summed E-state index contributed by atoms with van der Waals surface area (Å²) < 4.78 is 5.56. The number of hydrogen-bond acceptors (Lipinski definition) is 2. The van der Waals surface area contributed by atoms with Gasteiger partial charge in [0.1, 0.15) is 12.0 Å². The van der Waals surface area contributed by atoms with Crippen molar-refractivity contribution in [3.05, 3.63) is 35.4 Å². The van der Waals surface area contributed by atoms with Gasteiger partial charge in [-0.05, 0) is 49.1 Å². The van der Waals surface area contributed by atoms with Gasteiger partial charge in [0, 0.05) is 0 Å². The molecule has 0 saturated heterocycles. The molecule has 0 spiro atoms. The highest BCUT2D eigenvalue weighted by Gasteiger charge is 2.02. The van der Waals surface area contributed by atoms with Crippen molar-refractivity contribution in [2.24, 2.45) is 5.92 Å². The van der Waals surface area contributed by atoms with Crippen LogP contribution >= 0.6 is 0 Å². The van der Waals surface area contributed by atoms with Crippen LogP contribution in [0.4, 0.5) is 0 Å². The minimum atomic E-state index is 0.178. The monoisotopic (exact) mass is 232 g/mol. The summed E-state index contributed by atoms with van der Waals surface area (Å²) in [4.78, 5) is 10.9. The Hall–Kier alpha value is -1.57. The molecule has 1 rings (SSSR count). The van der Waals surface area contributed by atoms with E-state index in [9.17, 15) is 4.79 Å². The molecule has 0 aromatic heterocycles. The first-order chi connectivity index (χ1) is 8.02. The fraction of sp³-hybridized carbons (Fsp3) is 0.400. The van der Waals surface area contributed by atoms with Crippen molar-refractivity contribution in [1.82, 2.24) is 0 Å². The Morgan fingerprint density at radius 2 is 1.71 bits per heavy atom. The van der Waals surface area contributed by atoms with E-state index in [0.29, 0.717) is 0 Å². The Bertz CT molecular complexity index is 386. The first-order valence-electron chi connectivity index (χ1n) is 5.96. The number of rotatable bonds is 5. The molecule has 0 aliphatic heterocycles. The fourth-order valence-corrected chi connectivity index (χ4v) is 1.44. The van der Waals surface area contributed by atoms with Crippen molar-refractivity contribution >= 4 is 12.4 Å². The third-order valence-corrected chi connectivity index (χ3v) is 2.39. The topological polar surface area (TPSA) is 26.3 Å². The number of benzene rings is 1. The molecule has 0 amide bonds. The highest BCUT2D eigenvalue weighted by atomic mass is 16.5. The second-order valence-corrected chi connectivity index (χ2v) is 4.65. The highest BCUT2D eigenvalue weighted by molar-refractivity contribution is 5.82. The minimum absolute atomic E-state index is 0.178. The van der Waals surface area contributed by atoms with Gasteiger partial charge >= 0.3 is 0 Å². The van der Waals surface area contributed by atoms with E-state index < -0.39 is 0 Å². The average Bonchev–Trinajstić information content (AvgIpc) is 2.26. The van der Waals surface area contributed by atoms with E-state index in [1.165, 1.54) is 0 Å². The van der Waals surface area contributed by atoms with Gasteiger partial charge < -0.3 is 4.74 Å². The lowest BCUT2D eigenvalue weighted by Gasteiger charge is -2.09. The van der Waals surface area contributed by atoms with Gasteiger partial charge in [-0.15, -0.1) is 0 Å². The van der Waals surface area contributed by atoms with Crippen molar-refractivity contribution in [3.63, 3.8) is 0 Å². The molecule has 0 aliphatic rings. The standard InChI is InChI=1S/C15H20O2/c1-11(2)14(10-16)9-13-5-7-15(8-6-13)17-12(3)4/h5-12H,1-4H3. The Morgan fingerprint density at radius 1 is 1.12 bits per heavy atom. The first kappa shape index (κ1) is 13.5. The van der Waals surface area contributed by atoms with Crippen molar-refractivity contribution in [1.29, 1.82) is 0 Å². The van der Waals surface area contributed by atoms with Gasteiger partial charge in [-0.3, -0.25) is 4.79 Å². The van der Waals surface area contributed by atoms with Crippen molar-refractivity contribution in [2.45, 2.75) is 33.8 Å². The van der Waals surface area contributed by atoms with E-state index >= 15 is 0 Å². The largest absolute Gasteiger partial charge is 0.491 e. The number of allylic oxidation sites excluding steroid dienone is 1. The quantitative estimate of drug-likeness (QED) is 0.571. The van der Waals surface area contributed by atoms with Crippen LogP contribution in [0.5, 0.6) is 5.75 Å². The lowest BCUT2D eigenvalue weighted by molar-refractivity contribution is -0.105. The number of carbonyl (C=O) groups is 1. The molecule has 0 aliphatic carbocycles.